The molecule has 1 aromatic carbocycles. The molecule has 1 saturated heterocycles. The number of amides is 1. The Morgan fingerprint density at radius 3 is 2.71 bits per heavy atom. The van der Waals surface area contributed by atoms with Gasteiger partial charge in [0.1, 0.15) is 0 Å². The Morgan fingerprint density at radius 1 is 1.38 bits per heavy atom. The summed E-state index contributed by atoms with van der Waals surface area (Å²) in [5.74, 6) is 0.0507. The fourth-order valence-electron chi connectivity index (χ4n) is 2.77. The van der Waals surface area contributed by atoms with Crippen molar-refractivity contribution in [2.75, 3.05) is 33.4 Å². The Morgan fingerprint density at radius 2 is 2.08 bits per heavy atom. The minimum Gasteiger partial charge on any atom is -0.390 e. The topological polar surface area (TPSA) is 59.0 Å². The first-order chi connectivity index (χ1) is 11.4. The van der Waals surface area contributed by atoms with Crippen LogP contribution in [0.3, 0.4) is 0 Å². The molecule has 24 heavy (non-hydrogen) atoms. The molecule has 0 aromatic heterocycles. The second-order valence-corrected chi connectivity index (χ2v) is 7.03. The van der Waals surface area contributed by atoms with Gasteiger partial charge in [0.15, 0.2) is 0 Å². The first-order valence-corrected chi connectivity index (χ1v) is 8.60. The number of aryl methyl sites for hydroxylation is 1. The van der Waals surface area contributed by atoms with Crippen LogP contribution in [-0.4, -0.2) is 61.0 Å². The molecule has 1 aliphatic rings. The van der Waals surface area contributed by atoms with Crippen molar-refractivity contribution in [3.05, 3.63) is 35.4 Å². The summed E-state index contributed by atoms with van der Waals surface area (Å²) < 4.78 is 10.8. The van der Waals surface area contributed by atoms with Crippen LogP contribution in [0, 0.1) is 0 Å². The lowest BCUT2D eigenvalue weighted by Crippen LogP contribution is -2.45. The number of nitrogens with zero attached hydrogens (tertiary/aromatic N) is 1. The molecular formula is C19H29NO4. The highest BCUT2D eigenvalue weighted by atomic mass is 16.5. The summed E-state index contributed by atoms with van der Waals surface area (Å²) in [6, 6.07) is 7.70. The third-order valence-corrected chi connectivity index (χ3v) is 4.30. The lowest BCUT2D eigenvalue weighted by Gasteiger charge is -2.33. The summed E-state index contributed by atoms with van der Waals surface area (Å²) >= 11 is 0. The number of hydrogen-bond acceptors (Lipinski definition) is 4. The predicted molar refractivity (Wildman–Crippen MR) is 93.2 cm³/mol. The van der Waals surface area contributed by atoms with Crippen molar-refractivity contribution in [2.24, 2.45) is 0 Å². The molecule has 1 amide bonds. The van der Waals surface area contributed by atoms with Crippen molar-refractivity contribution in [2.45, 2.75) is 44.8 Å². The number of methoxy groups -OCH3 is 1. The van der Waals surface area contributed by atoms with E-state index in [4.69, 9.17) is 9.47 Å². The zero-order valence-corrected chi connectivity index (χ0v) is 15.0. The maximum absolute atomic E-state index is 12.6. The molecule has 0 spiro atoms. The predicted octanol–water partition coefficient (Wildman–Crippen LogP) is 2.27. The molecule has 2 rings (SSSR count). The van der Waals surface area contributed by atoms with E-state index in [1.54, 1.807) is 7.11 Å². The highest BCUT2D eigenvalue weighted by Crippen LogP contribution is 2.16. The molecule has 0 aliphatic carbocycles. The third kappa shape index (κ3) is 5.89. The van der Waals surface area contributed by atoms with Gasteiger partial charge in [0, 0.05) is 32.4 Å². The number of carbonyl (C=O) groups is 1. The number of morpholine rings is 1. The minimum atomic E-state index is -0.667. The molecule has 1 N–H and O–H groups in total. The molecule has 0 radical (unpaired) electrons. The Kier molecular flexibility index (Phi) is 6.78. The summed E-state index contributed by atoms with van der Waals surface area (Å²) in [7, 11) is 1.67. The zero-order chi connectivity index (χ0) is 17.6. The number of aliphatic hydroxyl groups is 1. The molecule has 0 saturated carbocycles. The monoisotopic (exact) mass is 335 g/mol. The number of ether oxygens (including phenoxy) is 2. The Hall–Kier alpha value is -1.43. The van der Waals surface area contributed by atoms with Crippen LogP contribution < -0.4 is 0 Å². The van der Waals surface area contributed by atoms with E-state index in [-0.39, 0.29) is 12.0 Å². The second-order valence-electron chi connectivity index (χ2n) is 7.03. The van der Waals surface area contributed by atoms with Crippen LogP contribution >= 0.6 is 0 Å². The molecular weight excluding hydrogens is 306 g/mol. The maximum atomic E-state index is 12.6. The zero-order valence-electron chi connectivity index (χ0n) is 15.0. The SMILES string of the molecule is COCC[C@H]1CN(C(=O)c2ccc(CCC(C)(C)O)cc2)CCO1. The Bertz CT molecular complexity index is 521. The van der Waals surface area contributed by atoms with Gasteiger partial charge in [-0.1, -0.05) is 12.1 Å². The molecule has 0 unspecified atom stereocenters. The van der Waals surface area contributed by atoms with E-state index in [9.17, 15) is 9.90 Å². The number of hydrogen-bond donors (Lipinski definition) is 1. The maximum Gasteiger partial charge on any atom is 0.254 e. The molecule has 0 bridgehead atoms. The summed E-state index contributed by atoms with van der Waals surface area (Å²) in [5.41, 5.74) is 1.17. The van der Waals surface area contributed by atoms with Crippen molar-refractivity contribution in [1.29, 1.82) is 0 Å². The van der Waals surface area contributed by atoms with Gasteiger partial charge >= 0.3 is 0 Å². The van der Waals surface area contributed by atoms with Crippen LogP contribution in [0.4, 0.5) is 0 Å². The molecule has 1 aliphatic heterocycles. The number of rotatable bonds is 7. The largest absolute Gasteiger partial charge is 0.390 e. The standard InChI is InChI=1S/C19H29NO4/c1-19(2,22)10-8-15-4-6-16(7-5-15)18(21)20-11-13-24-17(14-20)9-12-23-3/h4-7,17,22H,8-14H2,1-3H3/t17-/m0/s1. The van der Waals surface area contributed by atoms with Crippen LogP contribution in [0.25, 0.3) is 0 Å². The lowest BCUT2D eigenvalue weighted by molar-refractivity contribution is -0.0332. The first kappa shape index (κ1) is 18.9. The highest BCUT2D eigenvalue weighted by molar-refractivity contribution is 5.94. The van der Waals surface area contributed by atoms with E-state index >= 15 is 0 Å². The first-order valence-electron chi connectivity index (χ1n) is 8.60. The smallest absolute Gasteiger partial charge is 0.254 e. The number of benzene rings is 1. The molecule has 1 fully saturated rings. The van der Waals surface area contributed by atoms with Crippen LogP contribution in [0.1, 0.15) is 42.6 Å². The number of carbonyl (C=O) groups excluding carboxylic acids is 1. The van der Waals surface area contributed by atoms with E-state index in [1.165, 1.54) is 0 Å². The van der Waals surface area contributed by atoms with E-state index in [2.05, 4.69) is 0 Å². The van der Waals surface area contributed by atoms with Crippen molar-refractivity contribution in [3.8, 4) is 0 Å². The van der Waals surface area contributed by atoms with Crippen molar-refractivity contribution in [1.82, 2.24) is 4.90 Å². The van der Waals surface area contributed by atoms with Gasteiger partial charge in [-0.25, -0.2) is 0 Å². The van der Waals surface area contributed by atoms with Crippen LogP contribution in [-0.2, 0) is 15.9 Å². The Labute approximate surface area is 144 Å². The average molecular weight is 335 g/mol. The third-order valence-electron chi connectivity index (χ3n) is 4.30. The molecule has 134 valence electrons. The van der Waals surface area contributed by atoms with Gasteiger partial charge in [0.05, 0.1) is 18.3 Å². The molecule has 1 heterocycles. The van der Waals surface area contributed by atoms with Gasteiger partial charge in [-0.15, -0.1) is 0 Å². The molecule has 1 atom stereocenters. The van der Waals surface area contributed by atoms with Gasteiger partial charge in [-0.05, 0) is 50.8 Å². The summed E-state index contributed by atoms with van der Waals surface area (Å²) in [4.78, 5) is 14.5. The molecule has 5 nitrogen and oxygen atoms in total. The van der Waals surface area contributed by atoms with Gasteiger partial charge in [0.25, 0.3) is 5.91 Å². The fourth-order valence-corrected chi connectivity index (χ4v) is 2.77. The minimum absolute atomic E-state index is 0.0497. The Balaban J connectivity index is 1.92. The fraction of sp³-hybridized carbons (Fsp3) is 0.632. The summed E-state index contributed by atoms with van der Waals surface area (Å²) in [6.45, 7) is 6.07. The van der Waals surface area contributed by atoms with Crippen molar-refractivity contribution >= 4 is 5.91 Å². The van der Waals surface area contributed by atoms with Gasteiger partial charge in [0.2, 0.25) is 0 Å². The van der Waals surface area contributed by atoms with Crippen molar-refractivity contribution in [3.63, 3.8) is 0 Å². The molecule has 1 aromatic rings. The lowest BCUT2D eigenvalue weighted by atomic mass is 9.98. The second kappa shape index (κ2) is 8.60. The van der Waals surface area contributed by atoms with E-state index in [1.807, 2.05) is 43.0 Å². The normalized spacial score (nSPS) is 18.7. The van der Waals surface area contributed by atoms with E-state index in [0.29, 0.717) is 38.3 Å². The van der Waals surface area contributed by atoms with Crippen LogP contribution in [0.5, 0.6) is 0 Å². The summed E-state index contributed by atoms with van der Waals surface area (Å²) in [6.07, 6.45) is 2.35. The van der Waals surface area contributed by atoms with Crippen LogP contribution in [0.15, 0.2) is 24.3 Å². The van der Waals surface area contributed by atoms with Gasteiger partial charge in [-0.3, -0.25) is 4.79 Å². The molecule has 5 heteroatoms. The average Bonchev–Trinajstić information content (AvgIpc) is 2.57. The van der Waals surface area contributed by atoms with Gasteiger partial charge < -0.3 is 19.5 Å². The highest BCUT2D eigenvalue weighted by Gasteiger charge is 2.24. The summed E-state index contributed by atoms with van der Waals surface area (Å²) in [5, 5.41) is 9.80. The van der Waals surface area contributed by atoms with Crippen LogP contribution in [0.2, 0.25) is 0 Å². The van der Waals surface area contributed by atoms with Gasteiger partial charge in [-0.2, -0.15) is 0 Å². The van der Waals surface area contributed by atoms with Crippen molar-refractivity contribution < 1.29 is 19.4 Å². The van der Waals surface area contributed by atoms with E-state index in [0.717, 1.165) is 18.4 Å². The van der Waals surface area contributed by atoms with E-state index < -0.39 is 5.60 Å². The quantitative estimate of drug-likeness (QED) is 0.830.